The molecule has 1 saturated carbocycles. The molecule has 0 amide bonds. The van der Waals surface area contributed by atoms with Gasteiger partial charge in [-0.1, -0.05) is 254 Å². The first-order valence-electron chi connectivity index (χ1n) is 37.2. The standard InChI is InChI=1S/C93H106BN3/c1-57-47-67-69(88(12,13)45-43-86(67,8)9)54-78(57)96-79-55-70-68(87(10,11)44-46-89(70,14)15)52-74(79)94-75-53-71-72(91(18,19)66-32-26-25-31-65(66)90(71,16)17)56-80(75)95(76-40-38-62(85(5,6)7)49-64(76)59-29-23-22-24-30-59)81-50-63(51-82(96)83(81)94)97-77-39-35-60(58-33-36-61(37-34-58)84(2,3)4)48-73(77)92(20)41-27-28-42-93(92,97)21/h22-26,29-40,47-56H,27-28,41-46H2,1-21H3. The molecule has 2 unspecified atom stereocenters. The monoisotopic (exact) mass is 1280 g/mol. The van der Waals surface area contributed by atoms with E-state index in [0.717, 1.165) is 32.1 Å². The molecule has 16 rings (SSSR count). The van der Waals surface area contributed by atoms with Crippen molar-refractivity contribution in [2.45, 2.75) is 251 Å². The second kappa shape index (κ2) is 20.8. The number of hydrogen-bond acceptors (Lipinski definition) is 3. The maximum absolute atomic E-state index is 2.90. The number of fused-ring (bicyclic) bond motifs is 11. The Bertz CT molecular complexity index is 4780. The average Bonchev–Trinajstić information content (AvgIpc) is 1.40. The van der Waals surface area contributed by atoms with Crippen molar-refractivity contribution in [3.8, 4) is 22.3 Å². The Kier molecular flexibility index (Phi) is 13.7. The maximum atomic E-state index is 2.90. The molecule has 0 spiro atoms. The van der Waals surface area contributed by atoms with E-state index in [-0.39, 0.29) is 61.0 Å². The molecule has 496 valence electrons. The van der Waals surface area contributed by atoms with Gasteiger partial charge in [-0.25, -0.2) is 0 Å². The van der Waals surface area contributed by atoms with Crippen molar-refractivity contribution in [3.63, 3.8) is 0 Å². The van der Waals surface area contributed by atoms with Crippen molar-refractivity contribution in [3.05, 3.63) is 231 Å². The summed E-state index contributed by atoms with van der Waals surface area (Å²) in [6.07, 6.45) is 9.25. The molecule has 4 aliphatic carbocycles. The number of benzene rings is 9. The minimum atomic E-state index is -0.289. The van der Waals surface area contributed by atoms with Crippen molar-refractivity contribution in [2.24, 2.45) is 0 Å². The predicted octanol–water partition coefficient (Wildman–Crippen LogP) is 23.4. The van der Waals surface area contributed by atoms with Crippen LogP contribution in [0, 0.1) is 6.92 Å². The molecular formula is C93H106BN3. The summed E-state index contributed by atoms with van der Waals surface area (Å²) in [6.45, 7) is 52.0. The van der Waals surface area contributed by atoms with Crippen LogP contribution < -0.4 is 31.1 Å². The van der Waals surface area contributed by atoms with Gasteiger partial charge in [0.15, 0.2) is 0 Å². The van der Waals surface area contributed by atoms with E-state index in [1.165, 1.54) is 170 Å². The Morgan fingerprint density at radius 2 is 0.794 bits per heavy atom. The molecule has 4 heteroatoms. The third-order valence-electron chi connectivity index (χ3n) is 26.8. The van der Waals surface area contributed by atoms with E-state index in [0.29, 0.717) is 0 Å². The highest BCUT2D eigenvalue weighted by molar-refractivity contribution is 7.00. The number of anilines is 8. The van der Waals surface area contributed by atoms with Gasteiger partial charge in [0.2, 0.25) is 0 Å². The molecule has 0 aromatic heterocycles. The zero-order valence-corrected chi connectivity index (χ0v) is 62.7. The van der Waals surface area contributed by atoms with Gasteiger partial charge in [-0.05, 0) is 239 Å². The molecule has 0 bridgehead atoms. The lowest BCUT2D eigenvalue weighted by Crippen LogP contribution is -2.62. The Balaban J connectivity index is 1.08. The third kappa shape index (κ3) is 9.24. The quantitative estimate of drug-likeness (QED) is 0.159. The van der Waals surface area contributed by atoms with E-state index < -0.39 is 0 Å². The molecule has 2 atom stereocenters. The summed E-state index contributed by atoms with van der Waals surface area (Å²) in [5, 5.41) is 0. The third-order valence-corrected chi connectivity index (χ3v) is 26.8. The summed E-state index contributed by atoms with van der Waals surface area (Å²) in [4.78, 5) is 8.58. The number of rotatable bonds is 5. The van der Waals surface area contributed by atoms with Gasteiger partial charge in [0.05, 0.1) is 11.2 Å². The fraction of sp³-hybridized carbons (Fsp3) is 0.419. The maximum Gasteiger partial charge on any atom is 0.252 e. The lowest BCUT2D eigenvalue weighted by molar-refractivity contribution is 0.195. The summed E-state index contributed by atoms with van der Waals surface area (Å²) < 4.78 is 0. The van der Waals surface area contributed by atoms with Gasteiger partial charge in [0, 0.05) is 61.6 Å². The number of hydrogen-bond donors (Lipinski definition) is 0. The van der Waals surface area contributed by atoms with Crippen LogP contribution in [0.15, 0.2) is 164 Å². The van der Waals surface area contributed by atoms with Crippen molar-refractivity contribution in [1.29, 1.82) is 0 Å². The summed E-state index contributed by atoms with van der Waals surface area (Å²) in [5.74, 6) is 0. The first kappa shape index (κ1) is 64.1. The first-order valence-corrected chi connectivity index (χ1v) is 37.2. The molecule has 3 aliphatic heterocycles. The van der Waals surface area contributed by atoms with E-state index in [2.05, 4.69) is 324 Å². The second-order valence-electron chi connectivity index (χ2n) is 37.5. The van der Waals surface area contributed by atoms with E-state index in [1.54, 1.807) is 0 Å². The van der Waals surface area contributed by atoms with Crippen LogP contribution in [0.5, 0.6) is 0 Å². The van der Waals surface area contributed by atoms with Crippen LogP contribution in [0.4, 0.5) is 45.5 Å². The SMILES string of the molecule is Cc1cc2c(cc1N1c3cc4c(cc3B3c5cc6c(cc5N(c5ccc(C(C)(C)C)cc5-c5ccccc5)c5cc(N7c8ccc(-c9ccc(C(C)(C)C)cc9)cc8C8(C)CCCCC78C)cc1c53)C(C)(C)c1ccccc1C6(C)C)C(C)(C)CCC4(C)C)C(C)(C)CCC2(C)C. The van der Waals surface area contributed by atoms with Crippen LogP contribution in [0.3, 0.4) is 0 Å². The van der Waals surface area contributed by atoms with Gasteiger partial charge >= 0.3 is 0 Å². The highest BCUT2D eigenvalue weighted by Gasteiger charge is 2.59. The lowest BCUT2D eigenvalue weighted by atomic mass is 9.32. The van der Waals surface area contributed by atoms with Crippen LogP contribution in [0.2, 0.25) is 0 Å². The van der Waals surface area contributed by atoms with Crippen molar-refractivity contribution in [1.82, 2.24) is 0 Å². The molecule has 7 aliphatic rings. The van der Waals surface area contributed by atoms with Gasteiger partial charge in [0.1, 0.15) is 0 Å². The van der Waals surface area contributed by atoms with Gasteiger partial charge in [-0.3, -0.25) is 0 Å². The molecule has 9 aromatic rings. The van der Waals surface area contributed by atoms with Gasteiger partial charge in [0.25, 0.3) is 6.71 Å². The molecule has 3 heterocycles. The Morgan fingerprint density at radius 3 is 1.36 bits per heavy atom. The van der Waals surface area contributed by atoms with E-state index in [4.69, 9.17) is 0 Å². The number of aryl methyl sites for hydroxylation is 1. The minimum absolute atomic E-state index is 0.00847. The van der Waals surface area contributed by atoms with E-state index in [9.17, 15) is 0 Å². The normalized spacial score (nSPS) is 22.2. The zero-order chi connectivity index (χ0) is 68.6. The second-order valence-corrected chi connectivity index (χ2v) is 37.5. The van der Waals surface area contributed by atoms with Gasteiger partial charge < -0.3 is 14.7 Å². The first-order chi connectivity index (χ1) is 45.5. The summed E-state index contributed by atoms with van der Waals surface area (Å²) >= 11 is 0. The fourth-order valence-electron chi connectivity index (χ4n) is 20.1. The van der Waals surface area contributed by atoms with Gasteiger partial charge in [-0.15, -0.1) is 0 Å². The van der Waals surface area contributed by atoms with E-state index in [1.807, 2.05) is 0 Å². The molecule has 0 radical (unpaired) electrons. The lowest BCUT2D eigenvalue weighted by Gasteiger charge is -2.52. The molecular weight excluding hydrogens is 1170 g/mol. The van der Waals surface area contributed by atoms with E-state index >= 15 is 0 Å². The van der Waals surface area contributed by atoms with Crippen LogP contribution in [0.1, 0.15) is 257 Å². The topological polar surface area (TPSA) is 9.72 Å². The summed E-state index contributed by atoms with van der Waals surface area (Å²) in [5.41, 5.74) is 35.9. The summed E-state index contributed by atoms with van der Waals surface area (Å²) in [6, 6.07) is 67.2. The van der Waals surface area contributed by atoms with Crippen molar-refractivity contribution in [2.75, 3.05) is 14.7 Å². The molecule has 3 nitrogen and oxygen atoms in total. The average molecular weight is 1280 g/mol. The molecule has 97 heavy (non-hydrogen) atoms. The smallest absolute Gasteiger partial charge is 0.252 e. The Morgan fingerprint density at radius 1 is 0.340 bits per heavy atom. The molecule has 1 fully saturated rings. The predicted molar refractivity (Wildman–Crippen MR) is 418 cm³/mol. The number of nitrogens with zero attached hydrogens (tertiary/aromatic N) is 3. The minimum Gasteiger partial charge on any atom is -0.334 e. The highest BCUT2D eigenvalue weighted by Crippen LogP contribution is 2.64. The van der Waals surface area contributed by atoms with Crippen LogP contribution >= 0.6 is 0 Å². The molecule has 9 aromatic carbocycles. The fourth-order valence-corrected chi connectivity index (χ4v) is 20.1. The zero-order valence-electron chi connectivity index (χ0n) is 62.7. The van der Waals surface area contributed by atoms with Crippen LogP contribution in [0.25, 0.3) is 22.3 Å². The largest absolute Gasteiger partial charge is 0.334 e. The molecule has 0 N–H and O–H groups in total. The Hall–Kier alpha value is -7.56. The molecule has 0 saturated heterocycles. The summed E-state index contributed by atoms with van der Waals surface area (Å²) in [7, 11) is 0. The Labute approximate surface area is 583 Å². The van der Waals surface area contributed by atoms with Crippen LogP contribution in [-0.4, -0.2) is 12.3 Å². The van der Waals surface area contributed by atoms with Gasteiger partial charge in [-0.2, -0.15) is 0 Å². The van der Waals surface area contributed by atoms with Crippen molar-refractivity contribution < 1.29 is 0 Å². The van der Waals surface area contributed by atoms with Crippen LogP contribution in [-0.2, 0) is 48.7 Å². The van der Waals surface area contributed by atoms with Crippen molar-refractivity contribution >= 4 is 68.6 Å². The highest BCUT2D eigenvalue weighted by atomic mass is 15.3.